The summed E-state index contributed by atoms with van der Waals surface area (Å²) >= 11 is 5.40. The van der Waals surface area contributed by atoms with Crippen molar-refractivity contribution in [2.24, 2.45) is 5.92 Å². The average Bonchev–Trinajstić information content (AvgIpc) is 2.98. The maximum atomic E-state index is 5.78. The summed E-state index contributed by atoms with van der Waals surface area (Å²) in [5.41, 5.74) is 1.26. The fourth-order valence-electron chi connectivity index (χ4n) is 2.83. The Morgan fingerprint density at radius 2 is 2.19 bits per heavy atom. The quantitative estimate of drug-likeness (QED) is 0.791. The molecule has 0 radical (unpaired) electrons. The molecule has 2 nitrogen and oxygen atoms in total. The molecule has 1 aromatic carbocycles. The first-order valence-corrected chi connectivity index (χ1v) is 9.04. The molecule has 0 aliphatic carbocycles. The lowest BCUT2D eigenvalue weighted by molar-refractivity contribution is 0.235. The number of rotatable bonds is 4. The van der Waals surface area contributed by atoms with Crippen molar-refractivity contribution in [1.82, 2.24) is 5.32 Å². The molecule has 2 atom stereocenters. The first-order chi connectivity index (χ1) is 10.1. The molecular formula is C17H20BrNOS. The fraction of sp³-hybridized carbons (Fsp3) is 0.412. The van der Waals surface area contributed by atoms with Crippen molar-refractivity contribution in [1.29, 1.82) is 0 Å². The van der Waals surface area contributed by atoms with Crippen molar-refractivity contribution in [2.45, 2.75) is 32.4 Å². The molecule has 0 amide bonds. The summed E-state index contributed by atoms with van der Waals surface area (Å²) in [6, 6.07) is 11.4. The Bertz CT molecular complexity index is 597. The lowest BCUT2D eigenvalue weighted by atomic mass is 9.96. The van der Waals surface area contributed by atoms with E-state index in [4.69, 9.17) is 4.74 Å². The summed E-state index contributed by atoms with van der Waals surface area (Å²) in [4.78, 5) is 1.41. The highest BCUT2D eigenvalue weighted by Gasteiger charge is 2.26. The molecule has 2 heterocycles. The minimum Gasteiger partial charge on any atom is -0.493 e. The van der Waals surface area contributed by atoms with E-state index < -0.39 is 0 Å². The van der Waals surface area contributed by atoms with Crippen LogP contribution in [0.5, 0.6) is 5.75 Å². The minimum atomic E-state index is 0.348. The second-order valence-corrected chi connectivity index (χ2v) is 7.67. The van der Waals surface area contributed by atoms with E-state index in [0.717, 1.165) is 23.2 Å². The zero-order valence-corrected chi connectivity index (χ0v) is 14.7. The second kappa shape index (κ2) is 6.51. The first kappa shape index (κ1) is 15.1. The molecule has 1 aliphatic heterocycles. The van der Waals surface area contributed by atoms with Gasteiger partial charge in [0.25, 0.3) is 0 Å². The smallest absolute Gasteiger partial charge is 0.124 e. The molecule has 3 rings (SSSR count). The number of hydrogen-bond acceptors (Lipinski definition) is 3. The van der Waals surface area contributed by atoms with Crippen LogP contribution in [0, 0.1) is 5.92 Å². The maximum absolute atomic E-state index is 5.78. The minimum absolute atomic E-state index is 0.348. The topological polar surface area (TPSA) is 21.3 Å². The van der Waals surface area contributed by atoms with E-state index in [0.29, 0.717) is 18.0 Å². The number of halogens is 1. The highest BCUT2D eigenvalue weighted by molar-refractivity contribution is 9.10. The van der Waals surface area contributed by atoms with Crippen molar-refractivity contribution in [3.8, 4) is 5.75 Å². The Morgan fingerprint density at radius 1 is 1.33 bits per heavy atom. The van der Waals surface area contributed by atoms with Gasteiger partial charge in [-0.25, -0.2) is 0 Å². The number of hydrogen-bond donors (Lipinski definition) is 1. The number of ether oxygens (including phenoxy) is 1. The van der Waals surface area contributed by atoms with Gasteiger partial charge in [-0.3, -0.25) is 0 Å². The Hall–Kier alpha value is -0.840. The van der Waals surface area contributed by atoms with E-state index in [1.54, 1.807) is 0 Å². The van der Waals surface area contributed by atoms with Crippen molar-refractivity contribution in [3.05, 3.63) is 50.6 Å². The molecule has 1 aromatic heterocycles. The van der Waals surface area contributed by atoms with Crippen LogP contribution in [0.3, 0.4) is 0 Å². The van der Waals surface area contributed by atoms with Gasteiger partial charge in [0.05, 0.1) is 6.61 Å². The second-order valence-electron chi connectivity index (χ2n) is 5.78. The molecule has 1 aliphatic rings. The van der Waals surface area contributed by atoms with E-state index in [2.05, 4.69) is 64.7 Å². The summed E-state index contributed by atoms with van der Waals surface area (Å²) < 4.78 is 6.89. The normalized spacial score (nSPS) is 19.1. The molecule has 112 valence electrons. The van der Waals surface area contributed by atoms with Gasteiger partial charge < -0.3 is 10.1 Å². The first-order valence-electron chi connectivity index (χ1n) is 7.37. The monoisotopic (exact) mass is 365 g/mol. The maximum Gasteiger partial charge on any atom is 0.124 e. The van der Waals surface area contributed by atoms with Crippen molar-refractivity contribution in [3.63, 3.8) is 0 Å². The zero-order chi connectivity index (χ0) is 14.8. The van der Waals surface area contributed by atoms with Crippen LogP contribution in [0.4, 0.5) is 0 Å². The van der Waals surface area contributed by atoms with Crippen LogP contribution in [-0.4, -0.2) is 6.61 Å². The van der Waals surface area contributed by atoms with Gasteiger partial charge in [0, 0.05) is 33.4 Å². The lowest BCUT2D eigenvalue weighted by Gasteiger charge is -2.32. The van der Waals surface area contributed by atoms with E-state index in [-0.39, 0.29) is 0 Å². The Labute approximate surface area is 138 Å². The molecule has 2 unspecified atom stereocenters. The van der Waals surface area contributed by atoms with E-state index in [9.17, 15) is 0 Å². The summed E-state index contributed by atoms with van der Waals surface area (Å²) in [5.74, 6) is 1.57. The number of benzene rings is 1. The molecule has 0 spiro atoms. The number of nitrogens with one attached hydrogen (secondary N) is 1. The van der Waals surface area contributed by atoms with Gasteiger partial charge in [-0.15, -0.1) is 11.3 Å². The molecule has 0 bridgehead atoms. The van der Waals surface area contributed by atoms with Crippen molar-refractivity contribution in [2.75, 3.05) is 6.61 Å². The molecule has 4 heteroatoms. The third-order valence-corrected chi connectivity index (χ3v) is 5.36. The van der Waals surface area contributed by atoms with E-state index >= 15 is 0 Å². The third kappa shape index (κ3) is 3.33. The van der Waals surface area contributed by atoms with Crippen LogP contribution in [-0.2, 0) is 0 Å². The Morgan fingerprint density at radius 3 is 2.90 bits per heavy atom. The molecule has 1 N–H and O–H groups in total. The molecule has 21 heavy (non-hydrogen) atoms. The standard InChI is InChI=1S/C17H20BrNOS/c1-11(2)17(16-4-3-9-21-16)19-14-7-8-20-15-6-5-12(18)10-13(14)15/h3-6,9-11,14,17,19H,7-8H2,1-2H3. The Kier molecular flexibility index (Phi) is 4.67. The Balaban J connectivity index is 1.86. The van der Waals surface area contributed by atoms with Gasteiger partial charge in [-0.2, -0.15) is 0 Å². The average molecular weight is 366 g/mol. The van der Waals surface area contributed by atoms with Crippen LogP contribution < -0.4 is 10.1 Å². The predicted octanol–water partition coefficient (Wildman–Crippen LogP) is 5.32. The predicted molar refractivity (Wildman–Crippen MR) is 92.0 cm³/mol. The van der Waals surface area contributed by atoms with Gasteiger partial charge in [-0.1, -0.05) is 35.8 Å². The zero-order valence-electron chi connectivity index (χ0n) is 12.3. The molecule has 2 aromatic rings. The molecule has 0 saturated carbocycles. The summed E-state index contributed by atoms with van der Waals surface area (Å²) in [7, 11) is 0. The third-order valence-electron chi connectivity index (χ3n) is 3.91. The highest BCUT2D eigenvalue weighted by Crippen LogP contribution is 2.37. The van der Waals surface area contributed by atoms with Gasteiger partial charge in [-0.05, 0) is 35.6 Å². The van der Waals surface area contributed by atoms with Crippen molar-refractivity contribution < 1.29 is 4.74 Å². The van der Waals surface area contributed by atoms with Crippen LogP contribution in [0.25, 0.3) is 0 Å². The molecule has 0 saturated heterocycles. The summed E-state index contributed by atoms with van der Waals surface area (Å²) in [5, 5.41) is 6.00. The number of fused-ring (bicyclic) bond motifs is 1. The lowest BCUT2D eigenvalue weighted by Crippen LogP contribution is -2.32. The number of thiophene rings is 1. The fourth-order valence-corrected chi connectivity index (χ4v) is 4.16. The van der Waals surface area contributed by atoms with Crippen LogP contribution in [0.2, 0.25) is 0 Å². The highest BCUT2D eigenvalue weighted by atomic mass is 79.9. The van der Waals surface area contributed by atoms with E-state index in [1.165, 1.54) is 10.4 Å². The largest absolute Gasteiger partial charge is 0.493 e. The van der Waals surface area contributed by atoms with Gasteiger partial charge in [0.1, 0.15) is 5.75 Å². The van der Waals surface area contributed by atoms with Gasteiger partial charge >= 0.3 is 0 Å². The SMILES string of the molecule is CC(C)C(NC1CCOc2ccc(Br)cc21)c1cccs1. The van der Waals surface area contributed by atoms with Gasteiger partial charge in [0.2, 0.25) is 0 Å². The summed E-state index contributed by atoms with van der Waals surface area (Å²) in [6.45, 7) is 5.33. The summed E-state index contributed by atoms with van der Waals surface area (Å²) in [6.07, 6.45) is 1.01. The van der Waals surface area contributed by atoms with E-state index in [1.807, 2.05) is 17.4 Å². The molecule has 0 fully saturated rings. The van der Waals surface area contributed by atoms with Crippen LogP contribution in [0.1, 0.15) is 42.8 Å². The van der Waals surface area contributed by atoms with Crippen molar-refractivity contribution >= 4 is 27.3 Å². The van der Waals surface area contributed by atoms with Crippen LogP contribution >= 0.6 is 27.3 Å². The van der Waals surface area contributed by atoms with Crippen LogP contribution in [0.15, 0.2) is 40.2 Å². The molecular weight excluding hydrogens is 346 g/mol. The van der Waals surface area contributed by atoms with Gasteiger partial charge in [0.15, 0.2) is 0 Å².